The maximum absolute atomic E-state index is 9.13. The zero-order valence-electron chi connectivity index (χ0n) is 13.7. The summed E-state index contributed by atoms with van der Waals surface area (Å²) in [5.41, 5.74) is 1.74. The van der Waals surface area contributed by atoms with E-state index in [0.717, 1.165) is 11.3 Å². The normalized spacial score (nSPS) is 11.8. The van der Waals surface area contributed by atoms with E-state index in [9.17, 15) is 0 Å². The summed E-state index contributed by atoms with van der Waals surface area (Å²) in [6, 6.07) is 17.5. The second kappa shape index (κ2) is 7.60. The topological polar surface area (TPSA) is 63.7 Å². The van der Waals surface area contributed by atoms with Gasteiger partial charge in [0.05, 0.1) is 29.1 Å². The molecule has 3 aromatic rings. The van der Waals surface area contributed by atoms with Crippen molar-refractivity contribution in [3.8, 4) is 28.9 Å². The molecule has 0 saturated carbocycles. The molecule has 1 aromatic heterocycles. The first-order chi connectivity index (χ1) is 12.1. The molecule has 0 amide bonds. The molecule has 0 aliphatic heterocycles. The molecule has 5 nitrogen and oxygen atoms in total. The predicted octanol–water partition coefficient (Wildman–Crippen LogP) is 4.60. The van der Waals surface area contributed by atoms with E-state index in [0.29, 0.717) is 21.8 Å². The number of rotatable bonds is 5. The SMILES string of the molecule is COc1ccc(-n2c(S[C@H](C)C#N)nnc2-c2ccccc2)cc1Cl. The van der Waals surface area contributed by atoms with E-state index in [4.69, 9.17) is 21.6 Å². The summed E-state index contributed by atoms with van der Waals surface area (Å²) in [4.78, 5) is 0. The highest BCUT2D eigenvalue weighted by Crippen LogP contribution is 2.33. The number of thioether (sulfide) groups is 1. The molecule has 25 heavy (non-hydrogen) atoms. The number of nitrogens with zero attached hydrogens (tertiary/aromatic N) is 4. The quantitative estimate of drug-likeness (QED) is 0.614. The lowest BCUT2D eigenvalue weighted by Gasteiger charge is -2.12. The summed E-state index contributed by atoms with van der Waals surface area (Å²) in [7, 11) is 1.57. The van der Waals surface area contributed by atoms with Crippen LogP contribution in [0.25, 0.3) is 17.1 Å². The average molecular weight is 371 g/mol. The zero-order chi connectivity index (χ0) is 17.8. The summed E-state index contributed by atoms with van der Waals surface area (Å²) >= 11 is 7.64. The molecule has 1 atom stereocenters. The molecular formula is C18H15ClN4OS. The van der Waals surface area contributed by atoms with Crippen molar-refractivity contribution < 1.29 is 4.74 Å². The Morgan fingerprint density at radius 2 is 1.96 bits per heavy atom. The Labute approximate surface area is 155 Å². The van der Waals surface area contributed by atoms with Crippen molar-refractivity contribution in [2.45, 2.75) is 17.3 Å². The van der Waals surface area contributed by atoms with Crippen LogP contribution in [0.15, 0.2) is 53.7 Å². The lowest BCUT2D eigenvalue weighted by molar-refractivity contribution is 0.415. The van der Waals surface area contributed by atoms with Crippen LogP contribution in [-0.4, -0.2) is 27.1 Å². The van der Waals surface area contributed by atoms with E-state index in [-0.39, 0.29) is 5.25 Å². The molecule has 1 heterocycles. The third kappa shape index (κ3) is 3.63. The van der Waals surface area contributed by atoms with Crippen molar-refractivity contribution in [1.82, 2.24) is 14.8 Å². The molecule has 3 rings (SSSR count). The van der Waals surface area contributed by atoms with Gasteiger partial charge in [-0.2, -0.15) is 5.26 Å². The predicted molar refractivity (Wildman–Crippen MR) is 99.3 cm³/mol. The molecule has 0 fully saturated rings. The van der Waals surface area contributed by atoms with Crippen LogP contribution in [0.1, 0.15) is 6.92 Å². The van der Waals surface area contributed by atoms with Gasteiger partial charge < -0.3 is 4.74 Å². The van der Waals surface area contributed by atoms with Crippen LogP contribution in [0.5, 0.6) is 5.75 Å². The highest BCUT2D eigenvalue weighted by Gasteiger charge is 2.19. The Hall–Kier alpha value is -2.49. The second-order valence-electron chi connectivity index (χ2n) is 5.22. The molecule has 0 bridgehead atoms. The third-order valence-electron chi connectivity index (χ3n) is 3.52. The lowest BCUT2D eigenvalue weighted by Crippen LogP contribution is -2.02. The van der Waals surface area contributed by atoms with Crippen molar-refractivity contribution in [1.29, 1.82) is 5.26 Å². The Balaban J connectivity index is 2.16. The van der Waals surface area contributed by atoms with E-state index < -0.39 is 0 Å². The summed E-state index contributed by atoms with van der Waals surface area (Å²) in [6.45, 7) is 1.83. The Morgan fingerprint density at radius 3 is 2.60 bits per heavy atom. The molecular weight excluding hydrogens is 356 g/mol. The van der Waals surface area contributed by atoms with Gasteiger partial charge in [-0.1, -0.05) is 53.7 Å². The van der Waals surface area contributed by atoms with Crippen LogP contribution in [0.4, 0.5) is 0 Å². The minimum absolute atomic E-state index is 0.250. The third-order valence-corrected chi connectivity index (χ3v) is 4.75. The molecule has 0 saturated heterocycles. The van der Waals surface area contributed by atoms with Gasteiger partial charge in [0.2, 0.25) is 0 Å². The minimum Gasteiger partial charge on any atom is -0.495 e. The van der Waals surface area contributed by atoms with Gasteiger partial charge in [-0.25, -0.2) is 0 Å². The van der Waals surface area contributed by atoms with Crippen LogP contribution < -0.4 is 4.74 Å². The number of nitriles is 1. The van der Waals surface area contributed by atoms with Crippen LogP contribution in [0.2, 0.25) is 5.02 Å². The smallest absolute Gasteiger partial charge is 0.197 e. The maximum atomic E-state index is 9.13. The van der Waals surface area contributed by atoms with E-state index in [1.807, 2.05) is 47.9 Å². The van der Waals surface area contributed by atoms with Gasteiger partial charge in [0.1, 0.15) is 5.75 Å². The van der Waals surface area contributed by atoms with E-state index in [2.05, 4.69) is 16.3 Å². The minimum atomic E-state index is -0.250. The van der Waals surface area contributed by atoms with Crippen LogP contribution in [0.3, 0.4) is 0 Å². The molecule has 0 unspecified atom stereocenters. The van der Waals surface area contributed by atoms with Crippen molar-refractivity contribution in [3.05, 3.63) is 53.6 Å². The fourth-order valence-electron chi connectivity index (χ4n) is 2.33. The Bertz CT molecular complexity index is 921. The first-order valence-electron chi connectivity index (χ1n) is 7.55. The first kappa shape index (κ1) is 17.3. The molecule has 0 aliphatic carbocycles. The second-order valence-corrected chi connectivity index (χ2v) is 6.93. The highest BCUT2D eigenvalue weighted by molar-refractivity contribution is 8.00. The number of hydrogen-bond acceptors (Lipinski definition) is 5. The van der Waals surface area contributed by atoms with E-state index in [1.54, 1.807) is 19.2 Å². The highest BCUT2D eigenvalue weighted by atomic mass is 35.5. The van der Waals surface area contributed by atoms with Gasteiger partial charge in [-0.15, -0.1) is 10.2 Å². The lowest BCUT2D eigenvalue weighted by atomic mass is 10.2. The fourth-order valence-corrected chi connectivity index (χ4v) is 3.34. The monoisotopic (exact) mass is 370 g/mol. The zero-order valence-corrected chi connectivity index (χ0v) is 15.3. The Kier molecular flexibility index (Phi) is 5.27. The van der Waals surface area contributed by atoms with Crippen molar-refractivity contribution in [2.24, 2.45) is 0 Å². The standard InChI is InChI=1S/C18H15ClN4OS/c1-12(11-20)25-18-22-21-17(13-6-4-3-5-7-13)23(18)14-8-9-16(24-2)15(19)10-14/h3-10,12H,1-2H3/t12-/m1/s1. The van der Waals surface area contributed by atoms with Crippen LogP contribution in [-0.2, 0) is 0 Å². The Morgan fingerprint density at radius 1 is 1.20 bits per heavy atom. The van der Waals surface area contributed by atoms with Gasteiger partial charge >= 0.3 is 0 Å². The van der Waals surface area contributed by atoms with Gasteiger partial charge in [0.25, 0.3) is 0 Å². The number of halogens is 1. The number of benzene rings is 2. The summed E-state index contributed by atoms with van der Waals surface area (Å²) in [5.74, 6) is 1.29. The summed E-state index contributed by atoms with van der Waals surface area (Å²) < 4.78 is 7.13. The molecule has 7 heteroatoms. The first-order valence-corrected chi connectivity index (χ1v) is 8.81. The number of methoxy groups -OCH3 is 1. The summed E-state index contributed by atoms with van der Waals surface area (Å²) in [6.07, 6.45) is 0. The van der Waals surface area contributed by atoms with E-state index >= 15 is 0 Å². The molecule has 0 radical (unpaired) electrons. The molecule has 126 valence electrons. The largest absolute Gasteiger partial charge is 0.495 e. The van der Waals surface area contributed by atoms with E-state index in [1.165, 1.54) is 11.8 Å². The molecule has 2 aromatic carbocycles. The average Bonchev–Trinajstić information content (AvgIpc) is 3.05. The number of aromatic nitrogens is 3. The maximum Gasteiger partial charge on any atom is 0.197 e. The van der Waals surface area contributed by atoms with Crippen LogP contribution in [0, 0.1) is 11.3 Å². The van der Waals surface area contributed by atoms with Crippen molar-refractivity contribution >= 4 is 23.4 Å². The molecule has 0 aliphatic rings. The van der Waals surface area contributed by atoms with Crippen molar-refractivity contribution in [3.63, 3.8) is 0 Å². The van der Waals surface area contributed by atoms with Gasteiger partial charge in [-0.3, -0.25) is 4.57 Å². The summed E-state index contributed by atoms with van der Waals surface area (Å²) in [5, 5.41) is 18.6. The van der Waals surface area contributed by atoms with Gasteiger partial charge in [-0.05, 0) is 25.1 Å². The van der Waals surface area contributed by atoms with Crippen LogP contribution >= 0.6 is 23.4 Å². The van der Waals surface area contributed by atoms with Gasteiger partial charge in [0.15, 0.2) is 11.0 Å². The van der Waals surface area contributed by atoms with Gasteiger partial charge in [0, 0.05) is 5.56 Å². The fraction of sp³-hybridized carbons (Fsp3) is 0.167. The van der Waals surface area contributed by atoms with Crippen molar-refractivity contribution in [2.75, 3.05) is 7.11 Å². The number of ether oxygens (including phenoxy) is 1. The molecule has 0 spiro atoms. The molecule has 0 N–H and O–H groups in total. The number of hydrogen-bond donors (Lipinski definition) is 0.